The molecule has 2 rings (SSSR count). The largest absolute Gasteiger partial charge is 0.299 e. The SMILES string of the molecule is C1=NC(C2NCCCN2)NCC1. The van der Waals surface area contributed by atoms with E-state index in [0.29, 0.717) is 6.17 Å². The van der Waals surface area contributed by atoms with Crippen LogP contribution in [0.1, 0.15) is 12.8 Å². The third-order valence-electron chi connectivity index (χ3n) is 2.29. The molecule has 1 saturated heterocycles. The van der Waals surface area contributed by atoms with Crippen LogP contribution in [0.3, 0.4) is 0 Å². The van der Waals surface area contributed by atoms with E-state index in [0.717, 1.165) is 26.1 Å². The number of rotatable bonds is 1. The van der Waals surface area contributed by atoms with E-state index in [2.05, 4.69) is 20.9 Å². The summed E-state index contributed by atoms with van der Waals surface area (Å²) in [7, 11) is 0. The first-order valence-electron chi connectivity index (χ1n) is 4.68. The second kappa shape index (κ2) is 3.98. The van der Waals surface area contributed by atoms with Crippen LogP contribution in [0.15, 0.2) is 4.99 Å². The Morgan fingerprint density at radius 1 is 1.08 bits per heavy atom. The number of hydrogen-bond acceptors (Lipinski definition) is 4. The first kappa shape index (κ1) is 8.16. The highest BCUT2D eigenvalue weighted by atomic mass is 15.3. The van der Waals surface area contributed by atoms with Crippen molar-refractivity contribution < 1.29 is 0 Å². The molecule has 0 aromatic rings. The van der Waals surface area contributed by atoms with Crippen molar-refractivity contribution in [3.8, 4) is 0 Å². The van der Waals surface area contributed by atoms with Crippen molar-refractivity contribution >= 4 is 6.21 Å². The van der Waals surface area contributed by atoms with Gasteiger partial charge in [0.05, 0.1) is 6.17 Å². The summed E-state index contributed by atoms with van der Waals surface area (Å²) in [6, 6.07) is 0. The van der Waals surface area contributed by atoms with Crippen molar-refractivity contribution in [1.82, 2.24) is 16.0 Å². The van der Waals surface area contributed by atoms with Gasteiger partial charge in [-0.05, 0) is 25.9 Å². The van der Waals surface area contributed by atoms with E-state index in [1.54, 1.807) is 0 Å². The molecular weight excluding hydrogens is 152 g/mol. The molecule has 2 aliphatic rings. The summed E-state index contributed by atoms with van der Waals surface area (Å²) in [6.07, 6.45) is 4.85. The van der Waals surface area contributed by atoms with E-state index in [1.165, 1.54) is 6.42 Å². The van der Waals surface area contributed by atoms with E-state index in [9.17, 15) is 0 Å². The molecule has 4 nitrogen and oxygen atoms in total. The van der Waals surface area contributed by atoms with Gasteiger partial charge in [-0.25, -0.2) is 0 Å². The number of nitrogens with one attached hydrogen (secondary N) is 3. The van der Waals surface area contributed by atoms with Crippen LogP contribution in [0.4, 0.5) is 0 Å². The second-order valence-electron chi connectivity index (χ2n) is 3.26. The minimum absolute atomic E-state index is 0.235. The van der Waals surface area contributed by atoms with Gasteiger partial charge in [-0.3, -0.25) is 20.9 Å². The maximum Gasteiger partial charge on any atom is 0.128 e. The van der Waals surface area contributed by atoms with E-state index in [-0.39, 0.29) is 6.17 Å². The summed E-state index contributed by atoms with van der Waals surface area (Å²) in [5.74, 6) is 0. The van der Waals surface area contributed by atoms with Gasteiger partial charge in [0.1, 0.15) is 6.17 Å². The molecular formula is C8H16N4. The zero-order valence-electron chi connectivity index (χ0n) is 7.21. The lowest BCUT2D eigenvalue weighted by Gasteiger charge is -2.31. The van der Waals surface area contributed by atoms with Crippen molar-refractivity contribution in [3.63, 3.8) is 0 Å². The highest BCUT2D eigenvalue weighted by Crippen LogP contribution is 2.00. The Hall–Kier alpha value is -0.450. The lowest BCUT2D eigenvalue weighted by molar-refractivity contribution is 0.289. The van der Waals surface area contributed by atoms with Gasteiger partial charge in [0.25, 0.3) is 0 Å². The van der Waals surface area contributed by atoms with E-state index in [1.807, 2.05) is 6.21 Å². The second-order valence-corrected chi connectivity index (χ2v) is 3.26. The molecule has 0 spiro atoms. The summed E-state index contributed by atoms with van der Waals surface area (Å²) in [5.41, 5.74) is 0. The lowest BCUT2D eigenvalue weighted by atomic mass is 10.2. The fourth-order valence-corrected chi connectivity index (χ4v) is 1.64. The normalized spacial score (nSPS) is 32.2. The fourth-order valence-electron chi connectivity index (χ4n) is 1.64. The average molecular weight is 168 g/mol. The van der Waals surface area contributed by atoms with Gasteiger partial charge >= 0.3 is 0 Å². The number of hydrogen-bond donors (Lipinski definition) is 3. The molecule has 0 saturated carbocycles. The molecule has 68 valence electrons. The van der Waals surface area contributed by atoms with Crippen LogP contribution < -0.4 is 16.0 Å². The molecule has 1 unspecified atom stereocenters. The van der Waals surface area contributed by atoms with E-state index >= 15 is 0 Å². The maximum absolute atomic E-state index is 4.39. The quantitative estimate of drug-likeness (QED) is 0.484. The van der Waals surface area contributed by atoms with Crippen LogP contribution in [0.25, 0.3) is 0 Å². The van der Waals surface area contributed by atoms with Crippen molar-refractivity contribution in [2.45, 2.75) is 25.2 Å². The topological polar surface area (TPSA) is 48.5 Å². The molecule has 0 radical (unpaired) electrons. The Morgan fingerprint density at radius 3 is 2.58 bits per heavy atom. The first-order chi connectivity index (χ1) is 5.97. The Balaban J connectivity index is 1.88. The summed E-state index contributed by atoms with van der Waals surface area (Å²) >= 11 is 0. The third kappa shape index (κ3) is 1.83. The Bertz CT molecular complexity index is 162. The van der Waals surface area contributed by atoms with E-state index in [4.69, 9.17) is 0 Å². The molecule has 0 bridgehead atoms. The lowest BCUT2D eigenvalue weighted by Crippen LogP contribution is -2.59. The minimum Gasteiger partial charge on any atom is -0.299 e. The standard InChI is InChI=1S/C8H16N4/c1-3-9-7(10-4-1)8-11-5-2-6-12-8/h3,7-8,10-12H,1-2,4-6H2. The molecule has 0 aliphatic carbocycles. The molecule has 4 heteroatoms. The molecule has 2 aliphatic heterocycles. The predicted octanol–water partition coefficient (Wildman–Crippen LogP) is -0.714. The molecule has 12 heavy (non-hydrogen) atoms. The molecule has 0 aromatic carbocycles. The fraction of sp³-hybridized carbons (Fsp3) is 0.875. The smallest absolute Gasteiger partial charge is 0.128 e. The summed E-state index contributed by atoms with van der Waals surface area (Å²) in [4.78, 5) is 4.39. The van der Waals surface area contributed by atoms with Gasteiger partial charge in [0.2, 0.25) is 0 Å². The van der Waals surface area contributed by atoms with Gasteiger partial charge in [0.15, 0.2) is 0 Å². The number of aliphatic imine (C=N–C) groups is 1. The van der Waals surface area contributed by atoms with Crippen LogP contribution in [-0.4, -0.2) is 38.2 Å². The number of nitrogens with zero attached hydrogens (tertiary/aromatic N) is 1. The Morgan fingerprint density at radius 2 is 1.92 bits per heavy atom. The highest BCUT2D eigenvalue weighted by molar-refractivity contribution is 5.58. The molecule has 1 fully saturated rings. The summed E-state index contributed by atoms with van der Waals surface area (Å²) in [6.45, 7) is 3.25. The van der Waals surface area contributed by atoms with Crippen molar-refractivity contribution in [2.24, 2.45) is 4.99 Å². The van der Waals surface area contributed by atoms with Crippen molar-refractivity contribution in [2.75, 3.05) is 19.6 Å². The minimum atomic E-state index is 0.235. The molecule has 0 aromatic heterocycles. The van der Waals surface area contributed by atoms with Gasteiger partial charge in [0, 0.05) is 12.8 Å². The van der Waals surface area contributed by atoms with Gasteiger partial charge in [-0.1, -0.05) is 0 Å². The van der Waals surface area contributed by atoms with Crippen LogP contribution in [0.2, 0.25) is 0 Å². The molecule has 3 N–H and O–H groups in total. The van der Waals surface area contributed by atoms with E-state index < -0.39 is 0 Å². The zero-order chi connectivity index (χ0) is 8.23. The van der Waals surface area contributed by atoms with Crippen molar-refractivity contribution in [3.05, 3.63) is 0 Å². The van der Waals surface area contributed by atoms with Crippen LogP contribution in [-0.2, 0) is 0 Å². The van der Waals surface area contributed by atoms with Gasteiger partial charge < -0.3 is 0 Å². The average Bonchev–Trinajstić information content (AvgIpc) is 2.21. The summed E-state index contributed by atoms with van der Waals surface area (Å²) < 4.78 is 0. The zero-order valence-corrected chi connectivity index (χ0v) is 7.21. The van der Waals surface area contributed by atoms with Gasteiger partial charge in [-0.2, -0.15) is 0 Å². The Labute approximate surface area is 72.8 Å². The highest BCUT2D eigenvalue weighted by Gasteiger charge is 2.21. The third-order valence-corrected chi connectivity index (χ3v) is 2.29. The van der Waals surface area contributed by atoms with Crippen LogP contribution >= 0.6 is 0 Å². The first-order valence-corrected chi connectivity index (χ1v) is 4.68. The summed E-state index contributed by atoms with van der Waals surface area (Å²) in [5, 5.41) is 10.2. The predicted molar refractivity (Wildman–Crippen MR) is 49.3 cm³/mol. The van der Waals surface area contributed by atoms with Crippen molar-refractivity contribution in [1.29, 1.82) is 0 Å². The molecule has 2 heterocycles. The molecule has 0 amide bonds. The van der Waals surface area contributed by atoms with Crippen LogP contribution in [0.5, 0.6) is 0 Å². The monoisotopic (exact) mass is 168 g/mol. The molecule has 1 atom stereocenters. The Kier molecular flexibility index (Phi) is 2.71. The van der Waals surface area contributed by atoms with Gasteiger partial charge in [-0.15, -0.1) is 0 Å². The van der Waals surface area contributed by atoms with Crippen LogP contribution in [0, 0.1) is 0 Å². The maximum atomic E-state index is 4.39.